The summed E-state index contributed by atoms with van der Waals surface area (Å²) >= 11 is 0. The molecule has 0 bridgehead atoms. The van der Waals surface area contributed by atoms with Crippen LogP contribution < -0.4 is 0 Å². The van der Waals surface area contributed by atoms with E-state index in [9.17, 15) is 0 Å². The number of rotatable bonds is 2. The Morgan fingerprint density at radius 1 is 0.667 bits per heavy atom. The van der Waals surface area contributed by atoms with E-state index in [0.29, 0.717) is 0 Å². The first-order valence-electron chi connectivity index (χ1n) is 7.46. The van der Waals surface area contributed by atoms with E-state index in [2.05, 4.69) is 86.6 Å². The van der Waals surface area contributed by atoms with Gasteiger partial charge in [-0.25, -0.2) is 0 Å². The van der Waals surface area contributed by atoms with Gasteiger partial charge in [-0.3, -0.25) is 0 Å². The van der Waals surface area contributed by atoms with Crippen molar-refractivity contribution in [1.82, 2.24) is 0 Å². The minimum Gasteiger partial charge on any atom is -0.358 e. The molecular formula is C23H24Hf. The third kappa shape index (κ3) is 3.32. The second-order valence-corrected chi connectivity index (χ2v) is 6.37. The van der Waals surface area contributed by atoms with Crippen LogP contribution in [0.5, 0.6) is 0 Å². The van der Waals surface area contributed by atoms with E-state index < -0.39 is 0 Å². The zero-order chi connectivity index (χ0) is 14.4. The van der Waals surface area contributed by atoms with Gasteiger partial charge in [0.1, 0.15) is 0 Å². The maximum absolute atomic E-state index is 2.33. The first-order valence-corrected chi connectivity index (χ1v) is 7.46. The summed E-state index contributed by atoms with van der Waals surface area (Å²) < 4.78 is 0. The van der Waals surface area contributed by atoms with Crippen LogP contribution in [-0.4, -0.2) is 0 Å². The van der Waals surface area contributed by atoms with Crippen LogP contribution in [0.4, 0.5) is 0 Å². The molecule has 0 atom stereocenters. The molecule has 0 aliphatic rings. The standard InChI is InChI=1S/C21H18.2CH3.Hf/c1-21(2,19-11-15-7-3-4-8-16(15)12-19)20-13-17-9-5-6-10-18(17)14-20;;;/h3-14H,1-2H3;2*1H3;/q-2;2*-1;+4. The first kappa shape index (κ1) is 20.6. The van der Waals surface area contributed by atoms with Gasteiger partial charge in [0.15, 0.2) is 0 Å². The Morgan fingerprint density at radius 2 is 1.04 bits per heavy atom. The van der Waals surface area contributed by atoms with Gasteiger partial charge < -0.3 is 14.9 Å². The average molecular weight is 479 g/mol. The molecule has 0 nitrogen and oxygen atoms in total. The van der Waals surface area contributed by atoms with Crippen LogP contribution in [0.15, 0.2) is 72.8 Å². The molecule has 4 aromatic rings. The molecule has 0 radical (unpaired) electrons. The fourth-order valence-corrected chi connectivity index (χ4v) is 3.19. The summed E-state index contributed by atoms with van der Waals surface area (Å²) in [5.74, 6) is 0. The van der Waals surface area contributed by atoms with Gasteiger partial charge in [-0.15, -0.1) is 81.2 Å². The summed E-state index contributed by atoms with van der Waals surface area (Å²) in [6, 6.07) is 26.5. The Morgan fingerprint density at radius 3 is 1.42 bits per heavy atom. The molecule has 0 saturated carbocycles. The Hall–Kier alpha value is -1.47. The molecule has 120 valence electrons. The van der Waals surface area contributed by atoms with Crippen LogP contribution in [-0.2, 0) is 31.3 Å². The second-order valence-electron chi connectivity index (χ2n) is 6.37. The Bertz CT molecular complexity index is 779. The summed E-state index contributed by atoms with van der Waals surface area (Å²) in [6.45, 7) is 4.63. The Balaban J connectivity index is 0.000000960. The minimum absolute atomic E-state index is 0. The van der Waals surface area contributed by atoms with E-state index in [-0.39, 0.29) is 46.1 Å². The molecule has 0 aliphatic carbocycles. The van der Waals surface area contributed by atoms with Crippen LogP contribution in [0.2, 0.25) is 0 Å². The molecule has 4 rings (SSSR count). The van der Waals surface area contributed by atoms with E-state index in [1.165, 1.54) is 32.7 Å². The summed E-state index contributed by atoms with van der Waals surface area (Å²) in [4.78, 5) is 0. The maximum atomic E-state index is 2.33. The molecule has 0 amide bonds. The molecule has 1 heteroatoms. The second kappa shape index (κ2) is 7.61. The molecule has 0 aliphatic heterocycles. The molecular weight excluding hydrogens is 455 g/mol. The molecule has 0 saturated heterocycles. The van der Waals surface area contributed by atoms with Gasteiger partial charge in [0.2, 0.25) is 0 Å². The summed E-state index contributed by atoms with van der Waals surface area (Å²) in [7, 11) is 0. The third-order valence-electron chi connectivity index (χ3n) is 4.68. The summed E-state index contributed by atoms with van der Waals surface area (Å²) in [6.07, 6.45) is 0. The fraction of sp³-hybridized carbons (Fsp3) is 0.130. The third-order valence-corrected chi connectivity index (χ3v) is 4.68. The molecule has 0 unspecified atom stereocenters. The zero-order valence-corrected chi connectivity index (χ0v) is 18.5. The molecule has 0 N–H and O–H groups in total. The van der Waals surface area contributed by atoms with E-state index in [0.717, 1.165) is 0 Å². The van der Waals surface area contributed by atoms with Crippen LogP contribution in [0.3, 0.4) is 0 Å². The normalized spacial score (nSPS) is 10.8. The first-order chi connectivity index (χ1) is 10.1. The van der Waals surface area contributed by atoms with Gasteiger partial charge in [0.05, 0.1) is 0 Å². The van der Waals surface area contributed by atoms with Crippen molar-refractivity contribution in [3.8, 4) is 0 Å². The molecule has 0 heterocycles. The molecule has 0 aromatic heterocycles. The monoisotopic (exact) mass is 480 g/mol. The number of hydrogen-bond donors (Lipinski definition) is 0. The van der Waals surface area contributed by atoms with E-state index in [4.69, 9.17) is 0 Å². The smallest absolute Gasteiger partial charge is 0.358 e. The summed E-state index contributed by atoms with van der Waals surface area (Å²) in [5, 5.41) is 5.32. The molecule has 4 aromatic carbocycles. The predicted molar refractivity (Wildman–Crippen MR) is 104 cm³/mol. The van der Waals surface area contributed by atoms with Crippen molar-refractivity contribution < 1.29 is 25.8 Å². The van der Waals surface area contributed by atoms with Crippen molar-refractivity contribution in [2.75, 3.05) is 0 Å². The van der Waals surface area contributed by atoms with E-state index in [1.54, 1.807) is 0 Å². The SMILES string of the molecule is CC(C)(c1cc2ccccc2[cH-]1)c1cc2ccccc2[cH-]1.[CH3-].[CH3-].[Hf+4]. The van der Waals surface area contributed by atoms with Gasteiger partial charge in [-0.2, -0.15) is 12.1 Å². The van der Waals surface area contributed by atoms with Gasteiger partial charge in [0, 0.05) is 0 Å². The predicted octanol–water partition coefficient (Wildman–Crippen LogP) is 6.65. The van der Waals surface area contributed by atoms with Gasteiger partial charge in [0.25, 0.3) is 0 Å². The number of benzene rings is 2. The topological polar surface area (TPSA) is 0 Å². The maximum Gasteiger partial charge on any atom is 4.00 e. The fourth-order valence-electron chi connectivity index (χ4n) is 3.19. The van der Waals surface area contributed by atoms with Gasteiger partial charge in [-0.1, -0.05) is 26.0 Å². The Labute approximate surface area is 165 Å². The molecule has 0 fully saturated rings. The van der Waals surface area contributed by atoms with Crippen molar-refractivity contribution >= 4 is 21.5 Å². The Kier molecular flexibility index (Phi) is 6.52. The summed E-state index contributed by atoms with van der Waals surface area (Å²) in [5.41, 5.74) is 2.80. The van der Waals surface area contributed by atoms with Crippen molar-refractivity contribution in [3.05, 3.63) is 98.8 Å². The van der Waals surface area contributed by atoms with Crippen molar-refractivity contribution in [1.29, 1.82) is 0 Å². The number of hydrogen-bond acceptors (Lipinski definition) is 0. The van der Waals surface area contributed by atoms with Crippen LogP contribution >= 0.6 is 0 Å². The van der Waals surface area contributed by atoms with E-state index >= 15 is 0 Å². The van der Waals surface area contributed by atoms with Gasteiger partial charge >= 0.3 is 25.8 Å². The van der Waals surface area contributed by atoms with Crippen LogP contribution in [0.1, 0.15) is 25.0 Å². The zero-order valence-electron chi connectivity index (χ0n) is 14.9. The molecule has 0 spiro atoms. The van der Waals surface area contributed by atoms with Crippen LogP contribution in [0, 0.1) is 14.9 Å². The molecule has 24 heavy (non-hydrogen) atoms. The largest absolute Gasteiger partial charge is 4.00 e. The average Bonchev–Trinajstić information content (AvgIpc) is 3.11. The van der Waals surface area contributed by atoms with Crippen LogP contribution in [0.25, 0.3) is 21.5 Å². The van der Waals surface area contributed by atoms with Crippen molar-refractivity contribution in [2.45, 2.75) is 19.3 Å². The van der Waals surface area contributed by atoms with Crippen molar-refractivity contribution in [3.63, 3.8) is 0 Å². The minimum atomic E-state index is 0. The van der Waals surface area contributed by atoms with Crippen molar-refractivity contribution in [2.24, 2.45) is 0 Å². The number of fused-ring (bicyclic) bond motifs is 2. The van der Waals surface area contributed by atoms with Gasteiger partial charge in [-0.05, 0) is 5.41 Å². The quantitative estimate of drug-likeness (QED) is 0.223. The van der Waals surface area contributed by atoms with E-state index in [1.807, 2.05) is 0 Å².